The van der Waals surface area contributed by atoms with E-state index < -0.39 is 0 Å². The van der Waals surface area contributed by atoms with E-state index in [1.807, 2.05) is 6.07 Å². The number of aromatic nitrogens is 2. The Bertz CT molecular complexity index is 1310. The number of hydrogen-bond donors (Lipinski definition) is 1. The zero-order valence-corrected chi connectivity index (χ0v) is 20.2. The highest BCUT2D eigenvalue weighted by Gasteiger charge is 2.14. The van der Waals surface area contributed by atoms with E-state index in [0.29, 0.717) is 37.2 Å². The molecule has 5 nitrogen and oxygen atoms in total. The standard InChI is InChI=1S/C24H17BrCl2FN3O2/c25-18-13-31(12-17-6-1-2-9-20(17)28)30-23(18)29-24(32)16-7-3-5-15(11-16)14-33-21-10-4-8-19(26)22(21)27/h1-11,13H,12,14H2,(H,29,30,32). The van der Waals surface area contributed by atoms with Crippen molar-refractivity contribution in [2.75, 3.05) is 5.32 Å². The average Bonchev–Trinajstić information content (AvgIpc) is 3.15. The number of rotatable bonds is 7. The summed E-state index contributed by atoms with van der Waals surface area (Å²) in [5.74, 6) is 0.148. The number of carbonyl (C=O) groups is 1. The maximum absolute atomic E-state index is 13.9. The summed E-state index contributed by atoms with van der Waals surface area (Å²) in [6.45, 7) is 0.447. The molecule has 0 aliphatic heterocycles. The van der Waals surface area contributed by atoms with E-state index in [0.717, 1.165) is 5.56 Å². The Labute approximate surface area is 208 Å². The van der Waals surface area contributed by atoms with E-state index in [1.165, 1.54) is 6.07 Å². The van der Waals surface area contributed by atoms with E-state index in [-0.39, 0.29) is 24.9 Å². The highest BCUT2D eigenvalue weighted by atomic mass is 79.9. The van der Waals surface area contributed by atoms with Crippen molar-refractivity contribution in [1.82, 2.24) is 9.78 Å². The fourth-order valence-corrected chi connectivity index (χ4v) is 3.86. The van der Waals surface area contributed by atoms with Crippen molar-refractivity contribution < 1.29 is 13.9 Å². The van der Waals surface area contributed by atoms with E-state index in [4.69, 9.17) is 27.9 Å². The molecule has 0 atom stereocenters. The first kappa shape index (κ1) is 23.3. The highest BCUT2D eigenvalue weighted by Crippen LogP contribution is 2.32. The number of benzene rings is 3. The minimum atomic E-state index is -0.338. The molecule has 0 aliphatic rings. The van der Waals surface area contributed by atoms with Gasteiger partial charge < -0.3 is 10.1 Å². The fourth-order valence-electron chi connectivity index (χ4n) is 3.10. The van der Waals surface area contributed by atoms with Gasteiger partial charge in [0.25, 0.3) is 5.91 Å². The van der Waals surface area contributed by atoms with Gasteiger partial charge in [0.1, 0.15) is 23.2 Å². The topological polar surface area (TPSA) is 56.2 Å². The summed E-state index contributed by atoms with van der Waals surface area (Å²) >= 11 is 15.6. The summed E-state index contributed by atoms with van der Waals surface area (Å²) in [7, 11) is 0. The summed E-state index contributed by atoms with van der Waals surface area (Å²) < 4.78 is 21.8. The second kappa shape index (κ2) is 10.4. The van der Waals surface area contributed by atoms with Gasteiger partial charge in [-0.3, -0.25) is 9.48 Å². The van der Waals surface area contributed by atoms with Crippen LogP contribution in [0, 0.1) is 5.82 Å². The first-order chi connectivity index (χ1) is 15.9. The number of nitrogens with zero attached hydrogens (tertiary/aromatic N) is 2. The van der Waals surface area contributed by atoms with Crippen molar-refractivity contribution in [2.45, 2.75) is 13.2 Å². The first-order valence-corrected chi connectivity index (χ1v) is 11.4. The molecule has 33 heavy (non-hydrogen) atoms. The molecule has 0 radical (unpaired) electrons. The van der Waals surface area contributed by atoms with Crippen molar-refractivity contribution in [3.05, 3.63) is 110 Å². The number of hydrogen-bond acceptors (Lipinski definition) is 3. The second-order valence-electron chi connectivity index (χ2n) is 7.11. The van der Waals surface area contributed by atoms with Gasteiger partial charge >= 0.3 is 0 Å². The number of anilines is 1. The van der Waals surface area contributed by atoms with Crippen molar-refractivity contribution >= 4 is 50.9 Å². The fraction of sp³-hybridized carbons (Fsp3) is 0.0833. The van der Waals surface area contributed by atoms with Gasteiger partial charge in [0, 0.05) is 17.3 Å². The largest absolute Gasteiger partial charge is 0.487 e. The molecule has 168 valence electrons. The van der Waals surface area contributed by atoms with E-state index in [1.54, 1.807) is 65.5 Å². The van der Waals surface area contributed by atoms with Gasteiger partial charge in [0.15, 0.2) is 5.82 Å². The maximum atomic E-state index is 13.9. The van der Waals surface area contributed by atoms with Gasteiger partial charge in [0.2, 0.25) is 0 Å². The minimum Gasteiger partial charge on any atom is -0.487 e. The third kappa shape index (κ3) is 5.74. The molecule has 4 aromatic rings. The van der Waals surface area contributed by atoms with Gasteiger partial charge in [-0.15, -0.1) is 0 Å². The van der Waals surface area contributed by atoms with Crippen LogP contribution in [0.25, 0.3) is 0 Å². The second-order valence-corrected chi connectivity index (χ2v) is 8.75. The molecule has 0 bridgehead atoms. The van der Waals surface area contributed by atoms with Crippen LogP contribution >= 0.6 is 39.1 Å². The average molecular weight is 549 g/mol. The summed E-state index contributed by atoms with van der Waals surface area (Å²) in [6.07, 6.45) is 1.68. The zero-order chi connectivity index (χ0) is 23.4. The lowest BCUT2D eigenvalue weighted by atomic mass is 10.1. The normalized spacial score (nSPS) is 10.8. The van der Waals surface area contributed by atoms with Gasteiger partial charge in [-0.05, 0) is 51.8 Å². The molecular weight excluding hydrogens is 532 g/mol. The molecule has 1 N–H and O–H groups in total. The summed E-state index contributed by atoms with van der Waals surface area (Å²) in [6, 6.07) is 18.6. The molecule has 0 saturated heterocycles. The molecule has 4 rings (SSSR count). The van der Waals surface area contributed by atoms with Crippen LogP contribution < -0.4 is 10.1 Å². The van der Waals surface area contributed by atoms with Crippen molar-refractivity contribution in [2.24, 2.45) is 0 Å². The molecule has 9 heteroatoms. The lowest BCUT2D eigenvalue weighted by molar-refractivity contribution is 0.102. The Morgan fingerprint density at radius 3 is 2.70 bits per heavy atom. The van der Waals surface area contributed by atoms with Crippen LogP contribution in [-0.4, -0.2) is 15.7 Å². The summed E-state index contributed by atoms with van der Waals surface area (Å²) in [5.41, 5.74) is 1.71. The molecular formula is C24H17BrCl2FN3O2. The smallest absolute Gasteiger partial charge is 0.256 e. The molecule has 0 saturated carbocycles. The van der Waals surface area contributed by atoms with Gasteiger partial charge in [-0.1, -0.05) is 59.6 Å². The number of nitrogens with one attached hydrogen (secondary N) is 1. The van der Waals surface area contributed by atoms with Crippen LogP contribution in [-0.2, 0) is 13.2 Å². The van der Waals surface area contributed by atoms with Crippen molar-refractivity contribution in [1.29, 1.82) is 0 Å². The number of carbonyl (C=O) groups excluding carboxylic acids is 1. The Kier molecular flexibility index (Phi) is 7.33. The molecule has 0 spiro atoms. The van der Waals surface area contributed by atoms with Crippen LogP contribution in [0.4, 0.5) is 10.2 Å². The summed E-state index contributed by atoms with van der Waals surface area (Å²) in [5, 5.41) is 7.86. The Morgan fingerprint density at radius 2 is 1.88 bits per heavy atom. The quantitative estimate of drug-likeness (QED) is 0.271. The zero-order valence-electron chi connectivity index (χ0n) is 17.1. The van der Waals surface area contributed by atoms with Gasteiger partial charge in [0.05, 0.1) is 16.0 Å². The SMILES string of the molecule is O=C(Nc1nn(Cc2ccccc2F)cc1Br)c1cccc(COc2cccc(Cl)c2Cl)c1. The molecule has 0 fully saturated rings. The predicted molar refractivity (Wildman–Crippen MR) is 131 cm³/mol. The van der Waals surface area contributed by atoms with Crippen LogP contribution in [0.15, 0.2) is 77.4 Å². The Hall–Kier alpha value is -2.87. The van der Waals surface area contributed by atoms with Gasteiger partial charge in [-0.25, -0.2) is 4.39 Å². The third-order valence-corrected chi connectivity index (χ3v) is 6.12. The molecule has 3 aromatic carbocycles. The molecule has 0 aliphatic carbocycles. The van der Waals surface area contributed by atoms with Crippen molar-refractivity contribution in [3.8, 4) is 5.75 Å². The van der Waals surface area contributed by atoms with Crippen LogP contribution in [0.1, 0.15) is 21.5 Å². The molecule has 0 unspecified atom stereocenters. The number of halogens is 4. The Morgan fingerprint density at radius 1 is 1.09 bits per heavy atom. The first-order valence-electron chi connectivity index (χ1n) is 9.84. The lowest BCUT2D eigenvalue weighted by Gasteiger charge is -2.10. The molecule has 1 heterocycles. The van der Waals surface area contributed by atoms with Crippen molar-refractivity contribution in [3.63, 3.8) is 0 Å². The van der Waals surface area contributed by atoms with Crippen LogP contribution in [0.3, 0.4) is 0 Å². The maximum Gasteiger partial charge on any atom is 0.256 e. The monoisotopic (exact) mass is 547 g/mol. The predicted octanol–water partition coefficient (Wildman–Crippen LogP) is 6.97. The minimum absolute atomic E-state index is 0.210. The van der Waals surface area contributed by atoms with Gasteiger partial charge in [-0.2, -0.15) is 5.10 Å². The molecule has 1 aromatic heterocycles. The third-order valence-electron chi connectivity index (χ3n) is 4.74. The molecule has 1 amide bonds. The van der Waals surface area contributed by atoms with E-state index >= 15 is 0 Å². The van der Waals surface area contributed by atoms with Crippen LogP contribution in [0.2, 0.25) is 10.0 Å². The number of amides is 1. The van der Waals surface area contributed by atoms with Crippen LogP contribution in [0.5, 0.6) is 5.75 Å². The highest BCUT2D eigenvalue weighted by molar-refractivity contribution is 9.10. The summed E-state index contributed by atoms with van der Waals surface area (Å²) in [4.78, 5) is 12.8. The van der Waals surface area contributed by atoms with E-state index in [9.17, 15) is 9.18 Å². The Balaban J connectivity index is 1.43. The van der Waals surface area contributed by atoms with E-state index in [2.05, 4.69) is 26.3 Å². The lowest BCUT2D eigenvalue weighted by Crippen LogP contribution is -2.13. The number of ether oxygens (including phenoxy) is 1.